The van der Waals surface area contributed by atoms with E-state index in [9.17, 15) is 14.4 Å². The predicted molar refractivity (Wildman–Crippen MR) is 71.2 cm³/mol. The van der Waals surface area contributed by atoms with Crippen molar-refractivity contribution in [2.24, 2.45) is 5.92 Å². The molecule has 0 aromatic carbocycles. The lowest BCUT2D eigenvalue weighted by Gasteiger charge is -2.34. The first kappa shape index (κ1) is 16.3. The zero-order valence-electron chi connectivity index (χ0n) is 12.1. The highest BCUT2D eigenvalue weighted by molar-refractivity contribution is 5.86. The number of rotatable bonds is 4. The number of ether oxygens (including phenoxy) is 1. The minimum absolute atomic E-state index is 0.262. The molecule has 1 aliphatic rings. The molecular weight excluding hydrogens is 264 g/mol. The molecule has 2 atom stereocenters. The van der Waals surface area contributed by atoms with Crippen molar-refractivity contribution in [1.82, 2.24) is 10.2 Å². The Morgan fingerprint density at radius 2 is 2.10 bits per heavy atom. The predicted octanol–water partition coefficient (Wildman–Crippen LogP) is 0.834. The van der Waals surface area contributed by atoms with Crippen LogP contribution in [0.4, 0.5) is 4.79 Å². The average molecular weight is 286 g/mol. The fourth-order valence-corrected chi connectivity index (χ4v) is 2.13. The van der Waals surface area contributed by atoms with Gasteiger partial charge in [-0.1, -0.05) is 6.92 Å². The summed E-state index contributed by atoms with van der Waals surface area (Å²) in [6.45, 7) is 3.94. The van der Waals surface area contributed by atoms with Crippen molar-refractivity contribution in [3.63, 3.8) is 0 Å². The molecule has 20 heavy (non-hydrogen) atoms. The van der Waals surface area contributed by atoms with Gasteiger partial charge in [0.15, 0.2) is 0 Å². The molecular formula is C13H22N2O5. The van der Waals surface area contributed by atoms with Gasteiger partial charge in [0, 0.05) is 13.1 Å². The van der Waals surface area contributed by atoms with Gasteiger partial charge in [0.05, 0.1) is 13.0 Å². The van der Waals surface area contributed by atoms with Gasteiger partial charge in [0.25, 0.3) is 0 Å². The molecule has 0 radical (unpaired) electrons. The van der Waals surface area contributed by atoms with E-state index in [0.29, 0.717) is 19.4 Å². The summed E-state index contributed by atoms with van der Waals surface area (Å²) >= 11 is 0. The first-order valence-corrected chi connectivity index (χ1v) is 6.72. The van der Waals surface area contributed by atoms with Crippen LogP contribution < -0.4 is 5.32 Å². The molecule has 0 spiro atoms. The number of hydrogen-bond acceptors (Lipinski definition) is 4. The third-order valence-electron chi connectivity index (χ3n) is 3.81. The lowest BCUT2D eigenvalue weighted by atomic mass is 9.97. The topological polar surface area (TPSA) is 95.9 Å². The fourth-order valence-electron chi connectivity index (χ4n) is 2.13. The zero-order valence-corrected chi connectivity index (χ0v) is 12.1. The molecule has 1 fully saturated rings. The molecule has 0 aliphatic carbocycles. The monoisotopic (exact) mass is 286 g/mol. The van der Waals surface area contributed by atoms with Gasteiger partial charge in [-0.15, -0.1) is 0 Å². The van der Waals surface area contributed by atoms with Crippen LogP contribution in [0, 0.1) is 5.92 Å². The molecule has 0 saturated carbocycles. The van der Waals surface area contributed by atoms with Crippen LogP contribution in [0.5, 0.6) is 0 Å². The van der Waals surface area contributed by atoms with Crippen LogP contribution in [0.25, 0.3) is 0 Å². The van der Waals surface area contributed by atoms with Crippen molar-refractivity contribution in [1.29, 1.82) is 0 Å². The molecule has 1 rings (SSSR count). The Labute approximate surface area is 118 Å². The van der Waals surface area contributed by atoms with E-state index in [1.54, 1.807) is 6.92 Å². The van der Waals surface area contributed by atoms with Crippen molar-refractivity contribution in [2.75, 3.05) is 20.2 Å². The summed E-state index contributed by atoms with van der Waals surface area (Å²) in [5.74, 6) is -1.74. The number of nitrogens with one attached hydrogen (secondary N) is 1. The van der Waals surface area contributed by atoms with E-state index in [0.717, 1.165) is 0 Å². The fraction of sp³-hybridized carbons (Fsp3) is 0.769. The van der Waals surface area contributed by atoms with Crippen LogP contribution in [0.3, 0.4) is 0 Å². The van der Waals surface area contributed by atoms with Gasteiger partial charge in [-0.2, -0.15) is 0 Å². The Morgan fingerprint density at radius 1 is 1.45 bits per heavy atom. The maximum atomic E-state index is 12.1. The number of nitrogens with zero attached hydrogens (tertiary/aromatic N) is 1. The Bertz CT molecular complexity index is 398. The molecule has 1 saturated heterocycles. The van der Waals surface area contributed by atoms with E-state index in [2.05, 4.69) is 10.1 Å². The van der Waals surface area contributed by atoms with Crippen molar-refractivity contribution < 1.29 is 24.2 Å². The number of hydrogen-bond donors (Lipinski definition) is 2. The van der Waals surface area contributed by atoms with Crippen molar-refractivity contribution in [3.8, 4) is 0 Å². The van der Waals surface area contributed by atoms with E-state index in [1.165, 1.54) is 18.9 Å². The molecule has 0 bridgehead atoms. The number of methoxy groups -OCH3 is 1. The van der Waals surface area contributed by atoms with Crippen molar-refractivity contribution in [2.45, 2.75) is 38.6 Å². The van der Waals surface area contributed by atoms with E-state index < -0.39 is 17.5 Å². The number of carboxylic acids is 1. The van der Waals surface area contributed by atoms with E-state index in [-0.39, 0.29) is 24.9 Å². The molecule has 7 nitrogen and oxygen atoms in total. The number of esters is 1. The van der Waals surface area contributed by atoms with Crippen LogP contribution in [-0.2, 0) is 14.3 Å². The molecule has 2 N–H and O–H groups in total. The van der Waals surface area contributed by atoms with Gasteiger partial charge >= 0.3 is 18.0 Å². The summed E-state index contributed by atoms with van der Waals surface area (Å²) in [6, 6.07) is -0.453. The second-order valence-corrected chi connectivity index (χ2v) is 5.23. The molecule has 2 amide bonds. The van der Waals surface area contributed by atoms with Gasteiger partial charge in [-0.25, -0.2) is 9.59 Å². The summed E-state index contributed by atoms with van der Waals surface area (Å²) in [6.07, 6.45) is 1.66. The minimum Gasteiger partial charge on any atom is -0.480 e. The average Bonchev–Trinajstić information content (AvgIpc) is 2.46. The SMILES string of the molecule is CCC(C)(NC(=O)N1CCCC(C(=O)OC)C1)C(=O)O. The van der Waals surface area contributed by atoms with Gasteiger partial charge < -0.3 is 20.1 Å². The summed E-state index contributed by atoms with van der Waals surface area (Å²) in [4.78, 5) is 36.3. The van der Waals surface area contributed by atoms with E-state index >= 15 is 0 Å². The van der Waals surface area contributed by atoms with Gasteiger partial charge in [0.1, 0.15) is 5.54 Å². The Balaban J connectivity index is 2.68. The highest BCUT2D eigenvalue weighted by Gasteiger charge is 2.36. The summed E-state index contributed by atoms with van der Waals surface area (Å²) in [5, 5.41) is 11.7. The lowest BCUT2D eigenvalue weighted by molar-refractivity contribution is -0.147. The third kappa shape index (κ3) is 3.61. The quantitative estimate of drug-likeness (QED) is 0.746. The highest BCUT2D eigenvalue weighted by atomic mass is 16.5. The number of piperidine rings is 1. The molecule has 1 heterocycles. The summed E-state index contributed by atoms with van der Waals surface area (Å²) in [5.41, 5.74) is -1.30. The highest BCUT2D eigenvalue weighted by Crippen LogP contribution is 2.19. The van der Waals surface area contributed by atoms with Crippen molar-refractivity contribution in [3.05, 3.63) is 0 Å². The molecule has 1 aliphatic heterocycles. The maximum Gasteiger partial charge on any atom is 0.329 e. The lowest BCUT2D eigenvalue weighted by Crippen LogP contribution is -2.57. The zero-order chi connectivity index (χ0) is 15.3. The smallest absolute Gasteiger partial charge is 0.329 e. The van der Waals surface area contributed by atoms with Crippen LogP contribution in [0.2, 0.25) is 0 Å². The Hall–Kier alpha value is -1.79. The molecule has 0 aromatic heterocycles. The van der Waals surface area contributed by atoms with Gasteiger partial charge in [-0.05, 0) is 26.2 Å². The normalized spacial score (nSPS) is 21.8. The summed E-state index contributed by atoms with van der Waals surface area (Å²) < 4.78 is 4.69. The van der Waals surface area contributed by atoms with E-state index in [4.69, 9.17) is 5.11 Å². The summed E-state index contributed by atoms with van der Waals surface area (Å²) in [7, 11) is 1.32. The number of carbonyl (C=O) groups is 3. The van der Waals surface area contributed by atoms with Gasteiger partial charge in [0.2, 0.25) is 0 Å². The first-order valence-electron chi connectivity index (χ1n) is 6.72. The van der Waals surface area contributed by atoms with Crippen molar-refractivity contribution >= 4 is 18.0 Å². The van der Waals surface area contributed by atoms with Crippen LogP contribution >= 0.6 is 0 Å². The Morgan fingerprint density at radius 3 is 2.60 bits per heavy atom. The number of carboxylic acid groups (broad SMARTS) is 1. The van der Waals surface area contributed by atoms with Gasteiger partial charge in [-0.3, -0.25) is 4.79 Å². The molecule has 2 unspecified atom stereocenters. The number of carbonyl (C=O) groups excluding carboxylic acids is 2. The van der Waals surface area contributed by atoms with Crippen LogP contribution in [0.15, 0.2) is 0 Å². The second-order valence-electron chi connectivity index (χ2n) is 5.23. The van der Waals surface area contributed by atoms with Crippen LogP contribution in [-0.4, -0.2) is 53.7 Å². The standard InChI is InChI=1S/C13H22N2O5/c1-4-13(2,11(17)18)14-12(19)15-7-5-6-9(8-15)10(16)20-3/h9H,4-8H2,1-3H3,(H,14,19)(H,17,18). The minimum atomic E-state index is -1.30. The first-order chi connectivity index (χ1) is 9.34. The number of urea groups is 1. The largest absolute Gasteiger partial charge is 0.480 e. The van der Waals surface area contributed by atoms with Crippen LogP contribution in [0.1, 0.15) is 33.1 Å². The number of amides is 2. The molecule has 114 valence electrons. The van der Waals surface area contributed by atoms with E-state index in [1.807, 2.05) is 0 Å². The Kier molecular flexibility index (Phi) is 5.35. The maximum absolute atomic E-state index is 12.1. The third-order valence-corrected chi connectivity index (χ3v) is 3.81. The number of likely N-dealkylation sites (tertiary alicyclic amines) is 1. The number of aliphatic carboxylic acids is 1. The second kappa shape index (κ2) is 6.58. The molecule has 7 heteroatoms. The molecule has 0 aromatic rings.